The lowest BCUT2D eigenvalue weighted by Gasteiger charge is -2.17. The van der Waals surface area contributed by atoms with Crippen LogP contribution in [0.4, 0.5) is 0 Å². The van der Waals surface area contributed by atoms with E-state index in [1.165, 1.54) is 0 Å². The van der Waals surface area contributed by atoms with Gasteiger partial charge < -0.3 is 0 Å². The van der Waals surface area contributed by atoms with Crippen LogP contribution in [0.2, 0.25) is 0 Å². The van der Waals surface area contributed by atoms with Crippen LogP contribution in [0.15, 0.2) is 30.3 Å². The van der Waals surface area contributed by atoms with Gasteiger partial charge in [0.2, 0.25) is 11.3 Å². The molecule has 1 N–H and O–H groups in total. The summed E-state index contributed by atoms with van der Waals surface area (Å²) in [5.41, 5.74) is 0.746. The molecule has 0 fully saturated rings. The third-order valence-electron chi connectivity index (χ3n) is 2.19. The molecule has 1 aromatic rings. The van der Waals surface area contributed by atoms with E-state index in [1.54, 1.807) is 31.2 Å². The second-order valence-corrected chi connectivity index (χ2v) is 6.45. The highest BCUT2D eigenvalue weighted by molar-refractivity contribution is 7.87. The Hall–Kier alpha value is -0.800. The van der Waals surface area contributed by atoms with E-state index in [0.29, 0.717) is 6.42 Å². The summed E-state index contributed by atoms with van der Waals surface area (Å²) in [6.07, 6.45) is 0.556. The molecule has 8 heteroatoms. The molecule has 0 saturated heterocycles. The molecule has 6 nitrogen and oxygen atoms in total. The zero-order valence-corrected chi connectivity index (χ0v) is 12.2. The van der Waals surface area contributed by atoms with Gasteiger partial charge in [0, 0.05) is 6.54 Å². The molecule has 0 aliphatic heterocycles. The number of hydrogen-bond acceptors (Lipinski definition) is 4. The fourth-order valence-corrected chi connectivity index (χ4v) is 3.30. The second kappa shape index (κ2) is 7.71. The highest BCUT2D eigenvalue weighted by Gasteiger charge is 2.21. The summed E-state index contributed by atoms with van der Waals surface area (Å²) in [4.78, 5) is 0. The Morgan fingerprint density at radius 2 is 1.95 bits per heavy atom. The normalized spacial score (nSPS) is 13.6. The summed E-state index contributed by atoms with van der Waals surface area (Å²) >= 11 is -2.38. The van der Waals surface area contributed by atoms with E-state index in [-0.39, 0.29) is 13.2 Å². The van der Waals surface area contributed by atoms with Crippen LogP contribution >= 0.6 is 0 Å². The Morgan fingerprint density at radius 1 is 1.32 bits per heavy atom. The van der Waals surface area contributed by atoms with E-state index in [0.717, 1.165) is 9.87 Å². The summed E-state index contributed by atoms with van der Waals surface area (Å²) in [6, 6.07) is 8.86. The SMILES string of the molecule is CCCOS(=O)(=O)CN(Cc1ccccc1)S(=O)O. The van der Waals surface area contributed by atoms with Gasteiger partial charge in [0.25, 0.3) is 10.1 Å². The molecule has 0 aliphatic carbocycles. The first-order valence-corrected chi connectivity index (χ1v) is 8.35. The van der Waals surface area contributed by atoms with E-state index in [1.807, 2.05) is 6.07 Å². The van der Waals surface area contributed by atoms with Crippen LogP contribution < -0.4 is 0 Å². The number of rotatable bonds is 8. The Labute approximate surface area is 115 Å². The molecule has 0 aromatic heterocycles. The molecular formula is C11H17NO5S2. The minimum absolute atomic E-state index is 0.0542. The van der Waals surface area contributed by atoms with Crippen molar-refractivity contribution in [2.45, 2.75) is 19.9 Å². The molecule has 1 rings (SSSR count). The van der Waals surface area contributed by atoms with Gasteiger partial charge in [-0.15, -0.1) is 0 Å². The second-order valence-electron chi connectivity index (χ2n) is 3.86. The fraction of sp³-hybridized carbons (Fsp3) is 0.455. The quantitative estimate of drug-likeness (QED) is 0.579. The minimum atomic E-state index is -3.84. The van der Waals surface area contributed by atoms with Crippen molar-refractivity contribution in [1.29, 1.82) is 0 Å². The van der Waals surface area contributed by atoms with E-state index < -0.39 is 27.3 Å². The Balaban J connectivity index is 2.71. The zero-order chi connectivity index (χ0) is 14.3. The van der Waals surface area contributed by atoms with Crippen LogP contribution in [-0.2, 0) is 32.1 Å². The molecule has 0 aliphatic rings. The molecule has 1 atom stereocenters. The van der Waals surface area contributed by atoms with Crippen molar-refractivity contribution in [2.24, 2.45) is 0 Å². The predicted octanol–water partition coefficient (Wildman–Crippen LogP) is 1.34. The molecule has 19 heavy (non-hydrogen) atoms. The maximum Gasteiger partial charge on any atom is 0.281 e. The highest BCUT2D eigenvalue weighted by atomic mass is 32.2. The molecule has 1 unspecified atom stereocenters. The molecule has 0 heterocycles. The minimum Gasteiger partial charge on any atom is -0.294 e. The standard InChI is InChI=1S/C11H17NO5S2/c1-2-8-17-19(15,16)10-12(18(13)14)9-11-6-4-3-5-7-11/h3-7H,2,8-10H2,1H3,(H,13,14). The Morgan fingerprint density at radius 3 is 2.47 bits per heavy atom. The van der Waals surface area contributed by atoms with Crippen molar-refractivity contribution < 1.29 is 21.4 Å². The summed E-state index contributed by atoms with van der Waals surface area (Å²) in [6.45, 7) is 1.90. The van der Waals surface area contributed by atoms with Gasteiger partial charge >= 0.3 is 0 Å². The van der Waals surface area contributed by atoms with Gasteiger partial charge in [-0.2, -0.15) is 12.7 Å². The third-order valence-corrected chi connectivity index (χ3v) is 4.21. The van der Waals surface area contributed by atoms with Crippen molar-refractivity contribution in [1.82, 2.24) is 4.31 Å². The van der Waals surface area contributed by atoms with Gasteiger partial charge in [0.1, 0.15) is 5.88 Å². The smallest absolute Gasteiger partial charge is 0.281 e. The maximum atomic E-state index is 11.6. The average Bonchev–Trinajstić information content (AvgIpc) is 2.36. The van der Waals surface area contributed by atoms with Crippen molar-refractivity contribution in [3.63, 3.8) is 0 Å². The van der Waals surface area contributed by atoms with Crippen LogP contribution in [0, 0.1) is 0 Å². The monoisotopic (exact) mass is 307 g/mol. The first-order chi connectivity index (χ1) is 8.94. The van der Waals surface area contributed by atoms with Crippen LogP contribution in [-0.4, -0.2) is 34.0 Å². The van der Waals surface area contributed by atoms with E-state index in [2.05, 4.69) is 4.18 Å². The average molecular weight is 307 g/mol. The molecular weight excluding hydrogens is 290 g/mol. The van der Waals surface area contributed by atoms with Crippen molar-refractivity contribution in [3.8, 4) is 0 Å². The van der Waals surface area contributed by atoms with Gasteiger partial charge in [0.15, 0.2) is 0 Å². The maximum absolute atomic E-state index is 11.6. The molecule has 0 radical (unpaired) electrons. The summed E-state index contributed by atoms with van der Waals surface area (Å²) in [5, 5.41) is 0. The Bertz CT molecular complexity index is 503. The van der Waals surface area contributed by atoms with Crippen LogP contribution in [0.5, 0.6) is 0 Å². The molecule has 0 amide bonds. The molecule has 0 saturated carbocycles. The molecule has 0 spiro atoms. The molecule has 1 aromatic carbocycles. The summed E-state index contributed by atoms with van der Waals surface area (Å²) in [5.74, 6) is -0.620. The van der Waals surface area contributed by atoms with Gasteiger partial charge in [-0.3, -0.25) is 8.74 Å². The topological polar surface area (TPSA) is 83.9 Å². The first kappa shape index (κ1) is 16.3. The van der Waals surface area contributed by atoms with Gasteiger partial charge in [-0.25, -0.2) is 4.21 Å². The van der Waals surface area contributed by atoms with E-state index in [4.69, 9.17) is 4.55 Å². The third kappa shape index (κ3) is 6.26. The van der Waals surface area contributed by atoms with E-state index >= 15 is 0 Å². The van der Waals surface area contributed by atoms with Gasteiger partial charge in [-0.05, 0) is 12.0 Å². The summed E-state index contributed by atoms with van der Waals surface area (Å²) < 4.78 is 49.1. The van der Waals surface area contributed by atoms with Crippen LogP contribution in [0.3, 0.4) is 0 Å². The largest absolute Gasteiger partial charge is 0.294 e. The molecule has 108 valence electrons. The van der Waals surface area contributed by atoms with Crippen molar-refractivity contribution in [2.75, 3.05) is 12.5 Å². The number of hydrogen-bond donors (Lipinski definition) is 1. The summed E-state index contributed by atoms with van der Waals surface area (Å²) in [7, 11) is -3.84. The van der Waals surface area contributed by atoms with Crippen molar-refractivity contribution in [3.05, 3.63) is 35.9 Å². The lowest BCUT2D eigenvalue weighted by Crippen LogP contribution is -2.32. The lowest BCUT2D eigenvalue weighted by atomic mass is 10.2. The predicted molar refractivity (Wildman–Crippen MR) is 72.8 cm³/mol. The highest BCUT2D eigenvalue weighted by Crippen LogP contribution is 2.09. The van der Waals surface area contributed by atoms with Crippen LogP contribution in [0.25, 0.3) is 0 Å². The molecule has 0 bridgehead atoms. The van der Waals surface area contributed by atoms with Gasteiger partial charge in [-0.1, -0.05) is 37.3 Å². The fourth-order valence-electron chi connectivity index (χ4n) is 1.36. The van der Waals surface area contributed by atoms with Crippen LogP contribution in [0.1, 0.15) is 18.9 Å². The lowest BCUT2D eigenvalue weighted by molar-refractivity contribution is 0.305. The number of benzene rings is 1. The van der Waals surface area contributed by atoms with Gasteiger partial charge in [0.05, 0.1) is 6.61 Å². The van der Waals surface area contributed by atoms with Crippen molar-refractivity contribution >= 4 is 21.4 Å². The first-order valence-electron chi connectivity index (χ1n) is 5.71. The Kier molecular flexibility index (Phi) is 6.59. The van der Waals surface area contributed by atoms with E-state index in [9.17, 15) is 12.6 Å². The number of nitrogens with zero attached hydrogens (tertiary/aromatic N) is 1. The zero-order valence-electron chi connectivity index (χ0n) is 10.6.